The number of rotatable bonds is 2. The molecule has 0 saturated carbocycles. The lowest BCUT2D eigenvalue weighted by Gasteiger charge is -2.17. The highest BCUT2D eigenvalue weighted by Gasteiger charge is 2.27. The second-order valence-corrected chi connectivity index (χ2v) is 6.48. The summed E-state index contributed by atoms with van der Waals surface area (Å²) in [6.07, 6.45) is -0.104. The molecule has 1 amide bonds. The third kappa shape index (κ3) is 2.93. The Bertz CT molecular complexity index is 439. The van der Waals surface area contributed by atoms with Crippen LogP contribution in [-0.4, -0.2) is 35.3 Å². The minimum Gasteiger partial charge on any atom is -0.465 e. The van der Waals surface area contributed by atoms with Crippen LogP contribution in [0.15, 0.2) is 5.38 Å². The minimum atomic E-state index is -0.948. The van der Waals surface area contributed by atoms with Crippen LogP contribution in [0, 0.1) is 0 Å². The van der Waals surface area contributed by atoms with E-state index in [2.05, 4.69) is 41.4 Å². The van der Waals surface area contributed by atoms with E-state index in [-0.39, 0.29) is 11.5 Å². The normalized spacial score (nSPS) is 20.2. The SMILES string of the molecule is CC(C)(C)c1csc(N2CC[C@@H](NC(=O)O)C2)n1. The molecule has 2 rings (SSSR count). The van der Waals surface area contributed by atoms with Crippen LogP contribution in [0.4, 0.5) is 9.93 Å². The highest BCUT2D eigenvalue weighted by Crippen LogP contribution is 2.30. The van der Waals surface area contributed by atoms with Gasteiger partial charge in [-0.1, -0.05) is 20.8 Å². The molecule has 1 aromatic heterocycles. The van der Waals surface area contributed by atoms with E-state index < -0.39 is 6.09 Å². The first-order valence-electron chi connectivity index (χ1n) is 6.06. The first-order chi connectivity index (χ1) is 8.36. The van der Waals surface area contributed by atoms with Gasteiger partial charge < -0.3 is 15.3 Å². The van der Waals surface area contributed by atoms with Crippen molar-refractivity contribution in [3.8, 4) is 0 Å². The summed E-state index contributed by atoms with van der Waals surface area (Å²) < 4.78 is 0. The first-order valence-corrected chi connectivity index (χ1v) is 6.94. The summed E-state index contributed by atoms with van der Waals surface area (Å²) >= 11 is 1.63. The Kier molecular flexibility index (Phi) is 3.47. The van der Waals surface area contributed by atoms with Crippen LogP contribution < -0.4 is 10.2 Å². The molecule has 1 atom stereocenters. The van der Waals surface area contributed by atoms with Gasteiger partial charge in [0.1, 0.15) is 0 Å². The molecule has 0 bridgehead atoms. The predicted molar refractivity (Wildman–Crippen MR) is 72.6 cm³/mol. The molecule has 2 N–H and O–H groups in total. The van der Waals surface area contributed by atoms with E-state index in [1.165, 1.54) is 0 Å². The number of thiazole rings is 1. The highest BCUT2D eigenvalue weighted by atomic mass is 32.1. The van der Waals surface area contributed by atoms with Gasteiger partial charge in [-0.2, -0.15) is 0 Å². The van der Waals surface area contributed by atoms with Crippen molar-refractivity contribution < 1.29 is 9.90 Å². The Morgan fingerprint density at radius 2 is 2.33 bits per heavy atom. The summed E-state index contributed by atoms with van der Waals surface area (Å²) in [6.45, 7) is 8.01. The Balaban J connectivity index is 2.01. The molecule has 1 aliphatic rings. The van der Waals surface area contributed by atoms with Crippen LogP contribution in [0.25, 0.3) is 0 Å². The van der Waals surface area contributed by atoms with Gasteiger partial charge in [0, 0.05) is 23.9 Å². The molecule has 1 saturated heterocycles. The summed E-state index contributed by atoms with van der Waals surface area (Å²) in [6, 6.07) is 0.0180. The van der Waals surface area contributed by atoms with E-state index in [1.54, 1.807) is 11.3 Å². The second-order valence-electron chi connectivity index (χ2n) is 5.65. The minimum absolute atomic E-state index is 0.0180. The highest BCUT2D eigenvalue weighted by molar-refractivity contribution is 7.13. The van der Waals surface area contributed by atoms with Crippen molar-refractivity contribution in [1.29, 1.82) is 0 Å². The zero-order valence-electron chi connectivity index (χ0n) is 10.9. The number of hydrogen-bond donors (Lipinski definition) is 2. The summed E-state index contributed by atoms with van der Waals surface area (Å²) in [5.41, 5.74) is 1.16. The second kappa shape index (κ2) is 4.76. The summed E-state index contributed by atoms with van der Waals surface area (Å²) in [4.78, 5) is 17.4. The number of carboxylic acid groups (broad SMARTS) is 1. The van der Waals surface area contributed by atoms with Gasteiger partial charge in [0.2, 0.25) is 0 Å². The summed E-state index contributed by atoms with van der Waals surface area (Å²) in [5.74, 6) is 0. The number of amides is 1. The van der Waals surface area contributed by atoms with Gasteiger partial charge in [-0.15, -0.1) is 11.3 Å². The Morgan fingerprint density at radius 1 is 1.61 bits per heavy atom. The van der Waals surface area contributed by atoms with E-state index in [1.807, 2.05) is 0 Å². The van der Waals surface area contributed by atoms with Crippen LogP contribution in [0.2, 0.25) is 0 Å². The average Bonchev–Trinajstić information content (AvgIpc) is 2.81. The van der Waals surface area contributed by atoms with E-state index in [0.717, 1.165) is 23.8 Å². The smallest absolute Gasteiger partial charge is 0.404 e. The maximum Gasteiger partial charge on any atom is 0.404 e. The molecular formula is C12H19N3O2S. The molecule has 100 valence electrons. The molecule has 1 fully saturated rings. The molecule has 1 aliphatic heterocycles. The van der Waals surface area contributed by atoms with E-state index in [9.17, 15) is 4.79 Å². The monoisotopic (exact) mass is 269 g/mol. The van der Waals surface area contributed by atoms with Crippen molar-refractivity contribution >= 4 is 22.6 Å². The lowest BCUT2D eigenvalue weighted by molar-refractivity contribution is 0.191. The Morgan fingerprint density at radius 3 is 2.89 bits per heavy atom. The maximum absolute atomic E-state index is 10.6. The molecule has 0 aromatic carbocycles. The van der Waals surface area contributed by atoms with Gasteiger partial charge in [0.05, 0.1) is 11.7 Å². The fourth-order valence-corrected chi connectivity index (χ4v) is 3.07. The van der Waals surface area contributed by atoms with E-state index in [0.29, 0.717) is 6.54 Å². The number of anilines is 1. The molecule has 18 heavy (non-hydrogen) atoms. The zero-order valence-corrected chi connectivity index (χ0v) is 11.8. The third-order valence-corrected chi connectivity index (χ3v) is 3.95. The number of carbonyl (C=O) groups is 1. The van der Waals surface area contributed by atoms with E-state index >= 15 is 0 Å². The van der Waals surface area contributed by atoms with Crippen LogP contribution in [0.5, 0.6) is 0 Å². The Labute approximate surface area is 111 Å². The van der Waals surface area contributed by atoms with Crippen LogP contribution in [0.3, 0.4) is 0 Å². The van der Waals surface area contributed by atoms with Crippen LogP contribution >= 0.6 is 11.3 Å². The Hall–Kier alpha value is -1.30. The molecule has 2 heterocycles. The maximum atomic E-state index is 10.6. The van der Waals surface area contributed by atoms with E-state index in [4.69, 9.17) is 5.11 Å². The van der Waals surface area contributed by atoms with Gasteiger partial charge in [-0.3, -0.25) is 0 Å². The number of nitrogens with one attached hydrogen (secondary N) is 1. The quantitative estimate of drug-likeness (QED) is 0.864. The zero-order chi connectivity index (χ0) is 13.3. The van der Waals surface area contributed by atoms with Crippen molar-refractivity contribution in [3.05, 3.63) is 11.1 Å². The summed E-state index contributed by atoms with van der Waals surface area (Å²) in [5, 5.41) is 14.3. The molecule has 0 radical (unpaired) electrons. The lowest BCUT2D eigenvalue weighted by Crippen LogP contribution is -2.36. The van der Waals surface area contributed by atoms with Gasteiger partial charge >= 0.3 is 6.09 Å². The largest absolute Gasteiger partial charge is 0.465 e. The lowest BCUT2D eigenvalue weighted by atomic mass is 9.93. The van der Waals surface area contributed by atoms with Crippen LogP contribution in [0.1, 0.15) is 32.9 Å². The number of aromatic nitrogens is 1. The van der Waals surface area contributed by atoms with Crippen molar-refractivity contribution in [2.75, 3.05) is 18.0 Å². The van der Waals surface area contributed by atoms with Crippen molar-refractivity contribution in [2.45, 2.75) is 38.6 Å². The topological polar surface area (TPSA) is 65.5 Å². The van der Waals surface area contributed by atoms with Crippen molar-refractivity contribution in [3.63, 3.8) is 0 Å². The number of hydrogen-bond acceptors (Lipinski definition) is 4. The fraction of sp³-hybridized carbons (Fsp3) is 0.667. The standard InChI is InChI=1S/C12H19N3O2S/c1-12(2,3)9-7-18-10(14-9)15-5-4-8(6-15)13-11(16)17/h7-8,13H,4-6H2,1-3H3,(H,16,17)/t8-/m1/s1. The molecule has 0 spiro atoms. The number of nitrogens with zero attached hydrogens (tertiary/aromatic N) is 2. The van der Waals surface area contributed by atoms with Gasteiger partial charge in [-0.05, 0) is 6.42 Å². The summed E-state index contributed by atoms with van der Waals surface area (Å²) in [7, 11) is 0. The first kappa shape index (κ1) is 13.1. The average molecular weight is 269 g/mol. The van der Waals surface area contributed by atoms with Crippen LogP contribution in [-0.2, 0) is 5.41 Å². The van der Waals surface area contributed by atoms with Gasteiger partial charge in [0.25, 0.3) is 0 Å². The molecule has 0 aliphatic carbocycles. The molecule has 5 nitrogen and oxygen atoms in total. The third-order valence-electron chi connectivity index (χ3n) is 3.05. The predicted octanol–water partition coefficient (Wildman–Crippen LogP) is 2.29. The van der Waals surface area contributed by atoms with Crippen molar-refractivity contribution in [2.24, 2.45) is 0 Å². The molecule has 0 unspecified atom stereocenters. The van der Waals surface area contributed by atoms with Gasteiger partial charge in [-0.25, -0.2) is 9.78 Å². The van der Waals surface area contributed by atoms with Gasteiger partial charge in [0.15, 0.2) is 5.13 Å². The van der Waals surface area contributed by atoms with Crippen molar-refractivity contribution in [1.82, 2.24) is 10.3 Å². The fourth-order valence-electron chi connectivity index (χ4n) is 1.98. The molecular weight excluding hydrogens is 250 g/mol. The molecule has 1 aromatic rings. The molecule has 6 heteroatoms.